The molecule has 2 aromatic heterocycles. The quantitative estimate of drug-likeness (QED) is 0.383. The molecule has 0 bridgehead atoms. The zero-order chi connectivity index (χ0) is 23.8. The number of fused-ring (bicyclic) bond motifs is 1. The van der Waals surface area contributed by atoms with Crippen LogP contribution in [0.1, 0.15) is 26.4 Å². The van der Waals surface area contributed by atoms with Gasteiger partial charge in [-0.25, -0.2) is 13.2 Å². The molecular formula is C22H16N4O5S2. The number of thiophene rings is 1. The van der Waals surface area contributed by atoms with Crippen molar-refractivity contribution in [1.29, 1.82) is 5.26 Å². The fourth-order valence-electron chi connectivity index (χ4n) is 3.32. The van der Waals surface area contributed by atoms with E-state index in [1.54, 1.807) is 47.3 Å². The van der Waals surface area contributed by atoms with E-state index in [4.69, 9.17) is 5.26 Å². The number of carbonyl (C=O) groups excluding carboxylic acids is 1. The van der Waals surface area contributed by atoms with Gasteiger partial charge in [-0.1, -0.05) is 12.1 Å². The summed E-state index contributed by atoms with van der Waals surface area (Å²) in [6.07, 6.45) is 0. The summed E-state index contributed by atoms with van der Waals surface area (Å²) in [5.41, 5.74) is 1.19. The number of carbonyl (C=O) groups is 2. The van der Waals surface area contributed by atoms with Crippen molar-refractivity contribution in [2.45, 2.75) is 4.21 Å². The smallest absolute Gasteiger partial charge is 0.337 e. The number of aryl methyl sites for hydroxylation is 1. The van der Waals surface area contributed by atoms with Crippen LogP contribution in [0.3, 0.4) is 0 Å². The largest absolute Gasteiger partial charge is 0.478 e. The van der Waals surface area contributed by atoms with Gasteiger partial charge >= 0.3 is 5.97 Å². The van der Waals surface area contributed by atoms with Crippen LogP contribution in [0.2, 0.25) is 0 Å². The summed E-state index contributed by atoms with van der Waals surface area (Å²) in [7, 11) is -2.07. The number of nitrogens with zero attached hydrogens (tertiary/aromatic N) is 2. The summed E-state index contributed by atoms with van der Waals surface area (Å²) >= 11 is 1.10. The first-order valence-corrected chi connectivity index (χ1v) is 11.8. The first kappa shape index (κ1) is 22.1. The van der Waals surface area contributed by atoms with Gasteiger partial charge in [0.2, 0.25) is 0 Å². The SMILES string of the molecule is Cn1c(C(=O)Nc2ccc(C#N)cc2C(=O)O)cc2ccc(NS(=O)(=O)c3cccs3)cc21. The van der Waals surface area contributed by atoms with E-state index in [1.807, 2.05) is 6.07 Å². The highest BCUT2D eigenvalue weighted by molar-refractivity contribution is 7.94. The molecule has 0 spiro atoms. The molecule has 2 aromatic carbocycles. The molecule has 0 atom stereocenters. The van der Waals surface area contributed by atoms with Crippen LogP contribution < -0.4 is 10.0 Å². The second-order valence-corrected chi connectivity index (χ2v) is 9.89. The van der Waals surface area contributed by atoms with Gasteiger partial charge in [-0.15, -0.1) is 11.3 Å². The maximum absolute atomic E-state index is 12.9. The van der Waals surface area contributed by atoms with Crippen LogP contribution in [0.5, 0.6) is 0 Å². The van der Waals surface area contributed by atoms with Crippen LogP contribution >= 0.6 is 11.3 Å². The Labute approximate surface area is 192 Å². The average Bonchev–Trinajstić information content (AvgIpc) is 3.43. The highest BCUT2D eigenvalue weighted by Crippen LogP contribution is 2.26. The number of benzene rings is 2. The molecule has 2 heterocycles. The number of hydrogen-bond donors (Lipinski definition) is 3. The summed E-state index contributed by atoms with van der Waals surface area (Å²) in [4.78, 5) is 24.4. The van der Waals surface area contributed by atoms with Gasteiger partial charge in [-0.3, -0.25) is 9.52 Å². The molecule has 3 N–H and O–H groups in total. The first-order valence-electron chi connectivity index (χ1n) is 9.44. The van der Waals surface area contributed by atoms with Crippen LogP contribution in [-0.2, 0) is 17.1 Å². The molecule has 0 unspecified atom stereocenters. The Kier molecular flexibility index (Phi) is 5.63. The number of aromatic nitrogens is 1. The summed E-state index contributed by atoms with van der Waals surface area (Å²) in [5, 5.41) is 23.3. The second-order valence-electron chi connectivity index (χ2n) is 7.03. The minimum absolute atomic E-state index is 0.0566. The molecule has 0 aliphatic carbocycles. The third kappa shape index (κ3) is 4.30. The molecule has 0 aliphatic heterocycles. The van der Waals surface area contributed by atoms with Gasteiger partial charge in [-0.05, 0) is 47.8 Å². The maximum Gasteiger partial charge on any atom is 0.337 e. The Morgan fingerprint density at radius 2 is 1.91 bits per heavy atom. The van der Waals surface area contributed by atoms with E-state index in [0.29, 0.717) is 16.6 Å². The van der Waals surface area contributed by atoms with E-state index in [2.05, 4.69) is 10.0 Å². The van der Waals surface area contributed by atoms with E-state index >= 15 is 0 Å². The van der Waals surface area contributed by atoms with E-state index in [1.165, 1.54) is 24.3 Å². The number of nitrogens with one attached hydrogen (secondary N) is 2. The van der Waals surface area contributed by atoms with Gasteiger partial charge in [0.25, 0.3) is 15.9 Å². The van der Waals surface area contributed by atoms with E-state index in [9.17, 15) is 23.1 Å². The molecule has 166 valence electrons. The van der Waals surface area contributed by atoms with Crippen LogP contribution in [0.15, 0.2) is 64.2 Å². The average molecular weight is 481 g/mol. The molecule has 0 radical (unpaired) electrons. The Morgan fingerprint density at radius 3 is 2.58 bits per heavy atom. The number of sulfonamides is 1. The van der Waals surface area contributed by atoms with Crippen LogP contribution in [0.4, 0.5) is 11.4 Å². The van der Waals surface area contributed by atoms with Gasteiger partial charge in [0.05, 0.1) is 34.1 Å². The lowest BCUT2D eigenvalue weighted by atomic mass is 10.1. The molecule has 33 heavy (non-hydrogen) atoms. The Morgan fingerprint density at radius 1 is 1.12 bits per heavy atom. The molecule has 0 aliphatic rings. The van der Waals surface area contributed by atoms with Crippen molar-refractivity contribution < 1.29 is 23.1 Å². The number of carboxylic acid groups (broad SMARTS) is 1. The number of amides is 1. The summed E-state index contributed by atoms with van der Waals surface area (Å²) in [6.45, 7) is 0. The highest BCUT2D eigenvalue weighted by Gasteiger charge is 2.19. The molecule has 0 saturated carbocycles. The number of carboxylic acids is 1. The molecular weight excluding hydrogens is 464 g/mol. The minimum Gasteiger partial charge on any atom is -0.478 e. The summed E-state index contributed by atoms with van der Waals surface area (Å²) < 4.78 is 29.3. The number of anilines is 2. The lowest BCUT2D eigenvalue weighted by molar-refractivity contribution is 0.0698. The molecule has 1 amide bonds. The topological polar surface area (TPSA) is 141 Å². The fourth-order valence-corrected chi connectivity index (χ4v) is 5.36. The monoisotopic (exact) mass is 480 g/mol. The number of hydrogen-bond acceptors (Lipinski definition) is 6. The van der Waals surface area contributed by atoms with Gasteiger partial charge in [0, 0.05) is 12.4 Å². The van der Waals surface area contributed by atoms with Gasteiger partial charge in [-0.2, -0.15) is 5.26 Å². The van der Waals surface area contributed by atoms with Gasteiger partial charge < -0.3 is 15.0 Å². The normalized spacial score (nSPS) is 11.2. The van der Waals surface area contributed by atoms with Crippen LogP contribution in [-0.4, -0.2) is 30.0 Å². The molecule has 0 saturated heterocycles. The van der Waals surface area contributed by atoms with E-state index < -0.39 is 21.9 Å². The molecule has 0 fully saturated rings. The number of aromatic carboxylic acids is 1. The standard InChI is InChI=1S/C22H16N4O5S2/c1-26-18-11-15(25-33(30,31)20-3-2-8-32-20)6-5-14(18)10-19(26)21(27)24-17-7-4-13(12-23)9-16(17)22(28)29/h2-11,25H,1H3,(H,24,27)(H,28,29). The lowest BCUT2D eigenvalue weighted by Gasteiger charge is -2.10. The van der Waals surface area contributed by atoms with Gasteiger partial charge in [0.15, 0.2) is 0 Å². The fraction of sp³-hybridized carbons (Fsp3) is 0.0455. The van der Waals surface area contributed by atoms with Crippen molar-refractivity contribution in [3.8, 4) is 6.07 Å². The van der Waals surface area contributed by atoms with Crippen molar-refractivity contribution in [2.75, 3.05) is 10.0 Å². The Balaban J connectivity index is 1.64. The summed E-state index contributed by atoms with van der Waals surface area (Å²) in [6, 6.07) is 15.5. The Hall–Kier alpha value is -4.14. The predicted molar refractivity (Wildman–Crippen MR) is 124 cm³/mol. The zero-order valence-electron chi connectivity index (χ0n) is 17.1. The molecule has 4 rings (SSSR count). The van der Waals surface area contributed by atoms with E-state index in [-0.39, 0.29) is 26.7 Å². The molecule has 9 nitrogen and oxygen atoms in total. The maximum atomic E-state index is 12.9. The first-order chi connectivity index (χ1) is 15.7. The number of nitriles is 1. The third-order valence-corrected chi connectivity index (χ3v) is 7.70. The van der Waals surface area contributed by atoms with Crippen LogP contribution in [0.25, 0.3) is 10.9 Å². The molecule has 11 heteroatoms. The van der Waals surface area contributed by atoms with E-state index in [0.717, 1.165) is 11.3 Å². The lowest BCUT2D eigenvalue weighted by Crippen LogP contribution is -2.17. The Bertz CT molecular complexity index is 1550. The number of rotatable bonds is 6. The highest BCUT2D eigenvalue weighted by atomic mass is 32.2. The summed E-state index contributed by atoms with van der Waals surface area (Å²) in [5.74, 6) is -1.83. The second kappa shape index (κ2) is 8.42. The van der Waals surface area contributed by atoms with Crippen LogP contribution in [0, 0.1) is 11.3 Å². The van der Waals surface area contributed by atoms with Crippen molar-refractivity contribution in [2.24, 2.45) is 7.05 Å². The van der Waals surface area contributed by atoms with Crippen molar-refractivity contribution in [3.63, 3.8) is 0 Å². The molecule has 4 aromatic rings. The van der Waals surface area contributed by atoms with Crippen molar-refractivity contribution in [3.05, 3.63) is 76.8 Å². The minimum atomic E-state index is -3.72. The van der Waals surface area contributed by atoms with Crippen molar-refractivity contribution >= 4 is 55.5 Å². The van der Waals surface area contributed by atoms with Crippen molar-refractivity contribution in [1.82, 2.24) is 4.57 Å². The predicted octanol–water partition coefficient (Wildman–Crippen LogP) is 3.86. The zero-order valence-corrected chi connectivity index (χ0v) is 18.7. The third-order valence-electron chi connectivity index (χ3n) is 4.92. The van der Waals surface area contributed by atoms with Gasteiger partial charge in [0.1, 0.15) is 9.90 Å².